The van der Waals surface area contributed by atoms with Gasteiger partial charge in [-0.2, -0.15) is 0 Å². The number of benzene rings is 3. The van der Waals surface area contributed by atoms with Crippen molar-refractivity contribution in [2.45, 2.75) is 132 Å². The lowest BCUT2D eigenvalue weighted by Gasteiger charge is -2.37. The second-order valence-corrected chi connectivity index (χ2v) is 17.1. The Balaban J connectivity index is 0.923. The van der Waals surface area contributed by atoms with Crippen LogP contribution in [0, 0.1) is 11.8 Å². The Labute approximate surface area is 375 Å². The van der Waals surface area contributed by atoms with Gasteiger partial charge in [0, 0.05) is 50.4 Å². The first-order valence-electron chi connectivity index (χ1n) is 22.8. The Hall–Kier alpha value is -6.33. The molecule has 3 fully saturated rings. The van der Waals surface area contributed by atoms with Gasteiger partial charge < -0.3 is 31.9 Å². The number of carbonyl (C=O) groups is 7. The number of rotatable bonds is 18. The van der Waals surface area contributed by atoms with E-state index >= 15 is 0 Å². The number of unbranched alkanes of at least 4 members (excludes halogenated alkanes) is 6. The Bertz CT molecular complexity index is 2130. The molecule has 0 bridgehead atoms. The van der Waals surface area contributed by atoms with Gasteiger partial charge in [0.15, 0.2) is 0 Å². The van der Waals surface area contributed by atoms with Crippen LogP contribution >= 0.6 is 0 Å². The minimum atomic E-state index is -1.09. The second kappa shape index (κ2) is 23.4. The van der Waals surface area contributed by atoms with Gasteiger partial charge in [0.05, 0.1) is 12.0 Å². The van der Waals surface area contributed by atoms with E-state index in [1.54, 1.807) is 9.80 Å². The summed E-state index contributed by atoms with van der Waals surface area (Å²) in [6.45, 7) is 0.481. The molecule has 3 aliphatic rings. The Morgan fingerprint density at radius 2 is 1.42 bits per heavy atom. The molecule has 3 aromatic carbocycles. The number of amides is 7. The molecule has 6 rings (SSSR count). The lowest BCUT2D eigenvalue weighted by molar-refractivity contribution is -0.145. The van der Waals surface area contributed by atoms with Gasteiger partial charge in [-0.05, 0) is 73.8 Å². The highest BCUT2D eigenvalue weighted by Gasteiger charge is 2.45. The van der Waals surface area contributed by atoms with Gasteiger partial charge in [0.2, 0.25) is 41.4 Å². The molecule has 64 heavy (non-hydrogen) atoms. The number of nitrogens with one attached hydrogen (secondary N) is 3. The van der Waals surface area contributed by atoms with Gasteiger partial charge in [-0.3, -0.25) is 38.9 Å². The molecule has 0 aliphatic carbocycles. The average molecular weight is 872 g/mol. The molecule has 5 atom stereocenters. The third-order valence-corrected chi connectivity index (χ3v) is 12.5. The highest BCUT2D eigenvalue weighted by molar-refractivity contribution is 6.01. The fourth-order valence-electron chi connectivity index (χ4n) is 8.93. The van der Waals surface area contributed by atoms with E-state index in [0.29, 0.717) is 45.1 Å². The molecule has 0 radical (unpaired) electrons. The van der Waals surface area contributed by atoms with E-state index in [-0.39, 0.29) is 49.1 Å². The number of imide groups is 1. The van der Waals surface area contributed by atoms with Crippen molar-refractivity contribution in [1.82, 2.24) is 25.8 Å². The van der Waals surface area contributed by atoms with Crippen LogP contribution in [0.2, 0.25) is 0 Å². The fraction of sp³-hybridized carbons (Fsp3) is 0.460. The first-order valence-corrected chi connectivity index (χ1v) is 22.8. The van der Waals surface area contributed by atoms with E-state index in [0.717, 1.165) is 67.2 Å². The number of carbonyl (C=O) groups excluding carboxylic acids is 7. The standard InChI is InChI=1S/C50H61N7O7/c51-40-33-56(45(60)20-14-6-4-2-1-3-5-9-15-34-21-23-35(24-22-34)39-26-30-44(59)54-47(39)61)32-31-38-25-28-42(57(38)50(40)64)49(63)53-41(27-29-43(52)58)48(62)55-46(36-16-10-7-11-17-36)37-18-12-8-13-19-37/h7-8,10-13,16-19,21-24,38-42,46H,1-6,14,20,25-33,51H2,(H2,52,58)(H,53,63)(H,55,62)(H,54,59,61)/t38-,39?,40+,41+,42+/m1/s1. The van der Waals surface area contributed by atoms with Crippen LogP contribution in [-0.4, -0.2) is 88.4 Å². The Morgan fingerprint density at radius 3 is 2.08 bits per heavy atom. The van der Waals surface area contributed by atoms with Crippen LogP contribution in [0.5, 0.6) is 0 Å². The van der Waals surface area contributed by atoms with Crippen molar-refractivity contribution in [2.75, 3.05) is 13.1 Å². The van der Waals surface area contributed by atoms with Gasteiger partial charge in [0.25, 0.3) is 0 Å². The number of primary amides is 1. The van der Waals surface area contributed by atoms with Crippen molar-refractivity contribution in [3.05, 3.63) is 107 Å². The molecule has 14 heteroatoms. The summed E-state index contributed by atoms with van der Waals surface area (Å²) in [5, 5.41) is 8.31. The van der Waals surface area contributed by atoms with E-state index in [1.165, 1.54) is 0 Å². The smallest absolute Gasteiger partial charge is 0.243 e. The summed E-state index contributed by atoms with van der Waals surface area (Å²) in [4.78, 5) is 93.7. The number of hydrogen-bond acceptors (Lipinski definition) is 8. The maximum atomic E-state index is 14.0. The molecule has 338 valence electrons. The summed E-state index contributed by atoms with van der Waals surface area (Å²) in [7, 11) is 0. The van der Waals surface area contributed by atoms with Crippen molar-refractivity contribution < 1.29 is 33.6 Å². The van der Waals surface area contributed by atoms with Gasteiger partial charge in [-0.1, -0.05) is 110 Å². The molecule has 14 nitrogen and oxygen atoms in total. The van der Waals surface area contributed by atoms with Gasteiger partial charge in [0.1, 0.15) is 18.1 Å². The molecule has 3 aliphatic heterocycles. The molecule has 0 aromatic heterocycles. The van der Waals surface area contributed by atoms with Crippen LogP contribution in [-0.2, 0) is 33.6 Å². The lowest BCUT2D eigenvalue weighted by atomic mass is 9.90. The van der Waals surface area contributed by atoms with Crippen molar-refractivity contribution in [2.24, 2.45) is 11.5 Å². The highest BCUT2D eigenvalue weighted by Crippen LogP contribution is 2.30. The van der Waals surface area contributed by atoms with E-state index in [9.17, 15) is 33.6 Å². The fourth-order valence-corrected chi connectivity index (χ4v) is 8.93. The molecule has 1 unspecified atom stereocenters. The Morgan fingerprint density at radius 1 is 0.766 bits per heavy atom. The summed E-state index contributed by atoms with van der Waals surface area (Å²) < 4.78 is 0. The second-order valence-electron chi connectivity index (χ2n) is 17.1. The topological polar surface area (TPSA) is 214 Å². The van der Waals surface area contributed by atoms with Crippen molar-refractivity contribution in [3.8, 4) is 11.8 Å². The molecule has 0 saturated carbocycles. The zero-order chi connectivity index (χ0) is 45.4. The van der Waals surface area contributed by atoms with Gasteiger partial charge in [-0.25, -0.2) is 0 Å². The summed E-state index contributed by atoms with van der Waals surface area (Å²) in [5.74, 6) is 3.63. The number of nitrogens with zero attached hydrogens (tertiary/aromatic N) is 2. The number of nitrogens with two attached hydrogens (primary N) is 2. The Kier molecular flexibility index (Phi) is 17.2. The maximum Gasteiger partial charge on any atom is 0.243 e. The number of fused-ring (bicyclic) bond motifs is 1. The largest absolute Gasteiger partial charge is 0.370 e. The zero-order valence-electron chi connectivity index (χ0n) is 36.5. The summed E-state index contributed by atoms with van der Waals surface area (Å²) in [6, 6.07) is 22.8. The summed E-state index contributed by atoms with van der Waals surface area (Å²) in [6.07, 6.45) is 9.05. The molecule has 0 spiro atoms. The lowest BCUT2D eigenvalue weighted by Crippen LogP contribution is -2.60. The quantitative estimate of drug-likeness (QED) is 0.0707. The first kappa shape index (κ1) is 47.2. The SMILES string of the molecule is NC(=O)CC[C@H](NC(=O)[C@@H]1CC[C@@H]2CCN(C(=O)CCCCCCCCC#Cc3ccc(C4CCC(=O)NC4=O)cc3)C[C@H](N)C(=O)N21)C(=O)NC(c1ccccc1)c1ccccc1. The third-order valence-electron chi connectivity index (χ3n) is 12.5. The van der Waals surface area contributed by atoms with Crippen LogP contribution in [0.1, 0.15) is 131 Å². The monoisotopic (exact) mass is 871 g/mol. The molecule has 7 N–H and O–H groups in total. The summed E-state index contributed by atoms with van der Waals surface area (Å²) >= 11 is 0. The van der Waals surface area contributed by atoms with Crippen LogP contribution in [0.25, 0.3) is 0 Å². The molecule has 3 saturated heterocycles. The van der Waals surface area contributed by atoms with E-state index < -0.39 is 47.8 Å². The van der Waals surface area contributed by atoms with Crippen molar-refractivity contribution in [1.29, 1.82) is 0 Å². The molecular formula is C50H61N7O7. The number of hydrogen-bond donors (Lipinski definition) is 5. The van der Waals surface area contributed by atoms with E-state index in [2.05, 4.69) is 27.8 Å². The average Bonchev–Trinajstić information content (AvgIpc) is 3.72. The minimum absolute atomic E-state index is 0.0197. The maximum absolute atomic E-state index is 14.0. The number of piperidine rings is 1. The van der Waals surface area contributed by atoms with Crippen molar-refractivity contribution >= 4 is 41.4 Å². The molecule has 7 amide bonds. The third kappa shape index (κ3) is 13.1. The van der Waals surface area contributed by atoms with Crippen LogP contribution in [0.4, 0.5) is 0 Å². The highest BCUT2D eigenvalue weighted by atomic mass is 16.2. The van der Waals surface area contributed by atoms with Crippen LogP contribution < -0.4 is 27.4 Å². The summed E-state index contributed by atoms with van der Waals surface area (Å²) in [5.41, 5.74) is 15.4. The predicted octanol–water partition coefficient (Wildman–Crippen LogP) is 4.25. The van der Waals surface area contributed by atoms with Crippen LogP contribution in [0.3, 0.4) is 0 Å². The first-order chi connectivity index (χ1) is 31.0. The minimum Gasteiger partial charge on any atom is -0.370 e. The van der Waals surface area contributed by atoms with Crippen molar-refractivity contribution in [3.63, 3.8) is 0 Å². The molecule has 3 aromatic rings. The van der Waals surface area contributed by atoms with Crippen LogP contribution in [0.15, 0.2) is 84.9 Å². The molecule has 3 heterocycles. The van der Waals surface area contributed by atoms with E-state index in [4.69, 9.17) is 11.5 Å². The predicted molar refractivity (Wildman–Crippen MR) is 241 cm³/mol. The normalized spacial score (nSPS) is 20.2. The molecular weight excluding hydrogens is 811 g/mol. The zero-order valence-corrected chi connectivity index (χ0v) is 36.5. The van der Waals surface area contributed by atoms with Gasteiger partial charge in [-0.15, -0.1) is 0 Å². The van der Waals surface area contributed by atoms with E-state index in [1.807, 2.05) is 84.9 Å². The van der Waals surface area contributed by atoms with Gasteiger partial charge >= 0.3 is 0 Å².